The van der Waals surface area contributed by atoms with E-state index in [0.717, 1.165) is 17.7 Å². The van der Waals surface area contributed by atoms with Gasteiger partial charge in [-0.05, 0) is 54.7 Å². The van der Waals surface area contributed by atoms with Gasteiger partial charge in [0.15, 0.2) is 11.5 Å². The molecule has 1 heterocycles. The average molecular weight is 396 g/mol. The number of nitrogens with zero attached hydrogens (tertiary/aromatic N) is 1. The number of hydrogen-bond donors (Lipinski definition) is 1. The summed E-state index contributed by atoms with van der Waals surface area (Å²) in [5.41, 5.74) is 3.11. The molecule has 2 amide bonds. The van der Waals surface area contributed by atoms with Gasteiger partial charge in [-0.3, -0.25) is 9.59 Å². The molecule has 1 N–H and O–H groups in total. The number of ether oxygens (including phenoxy) is 2. The van der Waals surface area contributed by atoms with E-state index >= 15 is 0 Å². The van der Waals surface area contributed by atoms with Crippen LogP contribution in [0, 0.1) is 5.92 Å². The molecule has 0 saturated carbocycles. The molecular weight excluding hydrogens is 368 g/mol. The van der Waals surface area contributed by atoms with E-state index in [0.29, 0.717) is 37.4 Å². The second-order valence-corrected chi connectivity index (χ2v) is 7.08. The maximum Gasteiger partial charge on any atom is 0.239 e. The topological polar surface area (TPSA) is 67.9 Å². The number of nitrogens with one attached hydrogen (secondary N) is 1. The minimum atomic E-state index is -0.619. The van der Waals surface area contributed by atoms with Crippen LogP contribution < -0.4 is 19.7 Å². The van der Waals surface area contributed by atoms with Gasteiger partial charge < -0.3 is 19.7 Å². The maximum atomic E-state index is 12.7. The number of benzene rings is 2. The maximum absolute atomic E-state index is 12.7. The molecule has 154 valence electrons. The fourth-order valence-corrected chi connectivity index (χ4v) is 3.58. The number of rotatable bonds is 8. The number of carbonyl (C=O) groups excluding carboxylic acids is 2. The van der Waals surface area contributed by atoms with Gasteiger partial charge in [-0.2, -0.15) is 0 Å². The number of anilines is 1. The Labute approximate surface area is 171 Å². The fourth-order valence-electron chi connectivity index (χ4n) is 3.58. The zero-order valence-corrected chi connectivity index (χ0v) is 17.2. The van der Waals surface area contributed by atoms with Crippen molar-refractivity contribution in [3.63, 3.8) is 0 Å². The van der Waals surface area contributed by atoms with Crippen LogP contribution in [0.5, 0.6) is 11.5 Å². The van der Waals surface area contributed by atoms with Crippen molar-refractivity contribution in [2.75, 3.05) is 32.2 Å². The van der Waals surface area contributed by atoms with Gasteiger partial charge in [0.2, 0.25) is 11.8 Å². The molecule has 3 rings (SSSR count). The third-order valence-corrected chi connectivity index (χ3v) is 5.34. The lowest BCUT2D eigenvalue weighted by Gasteiger charge is -2.17. The van der Waals surface area contributed by atoms with Gasteiger partial charge in [0, 0.05) is 18.8 Å². The summed E-state index contributed by atoms with van der Waals surface area (Å²) in [5.74, 6) is 0.378. The van der Waals surface area contributed by atoms with E-state index < -0.39 is 5.92 Å². The van der Waals surface area contributed by atoms with Crippen molar-refractivity contribution < 1.29 is 19.1 Å². The van der Waals surface area contributed by atoms with Crippen LogP contribution in [-0.2, 0) is 22.4 Å². The molecule has 0 aromatic heterocycles. The Kier molecular flexibility index (Phi) is 6.75. The highest BCUT2D eigenvalue weighted by Crippen LogP contribution is 2.28. The van der Waals surface area contributed by atoms with Gasteiger partial charge in [0.25, 0.3) is 0 Å². The first-order valence-electron chi connectivity index (χ1n) is 9.96. The smallest absolute Gasteiger partial charge is 0.239 e. The lowest BCUT2D eigenvalue weighted by molar-refractivity contribution is -0.132. The Balaban J connectivity index is 1.54. The molecule has 0 bridgehead atoms. The van der Waals surface area contributed by atoms with Crippen molar-refractivity contribution in [3.8, 4) is 11.5 Å². The molecule has 0 radical (unpaired) electrons. The molecule has 0 aliphatic carbocycles. The molecule has 6 nitrogen and oxygen atoms in total. The number of amides is 2. The Hall–Kier alpha value is -3.02. The zero-order valence-electron chi connectivity index (χ0n) is 17.2. The molecule has 29 heavy (non-hydrogen) atoms. The molecule has 6 heteroatoms. The van der Waals surface area contributed by atoms with E-state index in [1.54, 1.807) is 19.1 Å². The van der Waals surface area contributed by atoms with Gasteiger partial charge in [-0.15, -0.1) is 0 Å². The van der Waals surface area contributed by atoms with E-state index in [2.05, 4.69) is 12.2 Å². The van der Waals surface area contributed by atoms with Crippen molar-refractivity contribution in [1.29, 1.82) is 0 Å². The average Bonchev–Trinajstić information content (AvgIpc) is 3.14. The minimum Gasteiger partial charge on any atom is -0.493 e. The first kappa shape index (κ1) is 20.7. The second kappa shape index (κ2) is 9.45. The summed E-state index contributed by atoms with van der Waals surface area (Å²) in [6, 6.07) is 13.6. The molecule has 1 fully saturated rings. The van der Waals surface area contributed by atoms with Crippen LogP contribution in [0.2, 0.25) is 0 Å². The number of methoxy groups -OCH3 is 2. The van der Waals surface area contributed by atoms with E-state index in [4.69, 9.17) is 9.47 Å². The standard InChI is InChI=1S/C23H28N2O4/c1-4-16-5-8-18(9-6-16)25-14-12-19(23(25)27)22(26)24-13-11-17-7-10-20(28-2)21(15-17)29-3/h5-10,15,19H,4,11-14H2,1-3H3,(H,24,26)/t19-/m0/s1. The van der Waals surface area contributed by atoms with Gasteiger partial charge in [0.05, 0.1) is 14.2 Å². The first-order chi connectivity index (χ1) is 14.1. The summed E-state index contributed by atoms with van der Waals surface area (Å²) >= 11 is 0. The van der Waals surface area contributed by atoms with Crippen molar-refractivity contribution in [2.45, 2.75) is 26.2 Å². The Morgan fingerprint density at radius 3 is 2.41 bits per heavy atom. The fraction of sp³-hybridized carbons (Fsp3) is 0.391. The van der Waals surface area contributed by atoms with Crippen LogP contribution in [0.25, 0.3) is 0 Å². The largest absolute Gasteiger partial charge is 0.493 e. The van der Waals surface area contributed by atoms with Crippen LogP contribution in [0.3, 0.4) is 0 Å². The summed E-state index contributed by atoms with van der Waals surface area (Å²) in [6.45, 7) is 3.12. The summed E-state index contributed by atoms with van der Waals surface area (Å²) in [7, 11) is 3.19. The van der Waals surface area contributed by atoms with Gasteiger partial charge in [0.1, 0.15) is 5.92 Å². The Morgan fingerprint density at radius 1 is 1.07 bits per heavy atom. The Bertz CT molecular complexity index is 864. The van der Waals surface area contributed by atoms with Crippen LogP contribution in [0.1, 0.15) is 24.5 Å². The molecule has 1 aliphatic heterocycles. The third kappa shape index (κ3) is 4.70. The highest BCUT2D eigenvalue weighted by molar-refractivity contribution is 6.09. The van der Waals surface area contributed by atoms with Gasteiger partial charge >= 0.3 is 0 Å². The highest BCUT2D eigenvalue weighted by atomic mass is 16.5. The van der Waals surface area contributed by atoms with Crippen molar-refractivity contribution in [2.24, 2.45) is 5.92 Å². The predicted molar refractivity (Wildman–Crippen MR) is 113 cm³/mol. The SMILES string of the molecule is CCc1ccc(N2CC[C@@H](C(=O)NCCc3ccc(OC)c(OC)c3)C2=O)cc1. The quantitative estimate of drug-likeness (QED) is 0.697. The van der Waals surface area contributed by atoms with Gasteiger partial charge in [-0.1, -0.05) is 25.1 Å². The Morgan fingerprint density at radius 2 is 1.76 bits per heavy atom. The van der Waals surface area contributed by atoms with Crippen LogP contribution in [0.4, 0.5) is 5.69 Å². The van der Waals surface area contributed by atoms with Gasteiger partial charge in [-0.25, -0.2) is 0 Å². The van der Waals surface area contributed by atoms with Crippen LogP contribution >= 0.6 is 0 Å². The lowest BCUT2D eigenvalue weighted by atomic mass is 10.1. The normalized spacial score (nSPS) is 16.0. The minimum absolute atomic E-state index is 0.127. The summed E-state index contributed by atoms with van der Waals surface area (Å²) < 4.78 is 10.5. The number of carbonyl (C=O) groups is 2. The molecule has 0 spiro atoms. The molecule has 1 atom stereocenters. The lowest BCUT2D eigenvalue weighted by Crippen LogP contribution is -2.37. The molecule has 1 aliphatic rings. The van der Waals surface area contributed by atoms with Crippen molar-refractivity contribution >= 4 is 17.5 Å². The first-order valence-corrected chi connectivity index (χ1v) is 9.96. The van der Waals surface area contributed by atoms with E-state index in [9.17, 15) is 9.59 Å². The van der Waals surface area contributed by atoms with Crippen LogP contribution in [-0.4, -0.2) is 39.1 Å². The van der Waals surface area contributed by atoms with Crippen molar-refractivity contribution in [1.82, 2.24) is 5.32 Å². The zero-order chi connectivity index (χ0) is 20.8. The molecule has 2 aromatic rings. The summed E-state index contributed by atoms with van der Waals surface area (Å²) in [5, 5.41) is 2.90. The second-order valence-electron chi connectivity index (χ2n) is 7.08. The van der Waals surface area contributed by atoms with Crippen molar-refractivity contribution in [3.05, 3.63) is 53.6 Å². The number of hydrogen-bond acceptors (Lipinski definition) is 4. The molecule has 2 aromatic carbocycles. The van der Waals surface area contributed by atoms with E-state index in [-0.39, 0.29) is 11.8 Å². The predicted octanol–water partition coefficient (Wildman–Crippen LogP) is 2.98. The highest BCUT2D eigenvalue weighted by Gasteiger charge is 2.37. The summed E-state index contributed by atoms with van der Waals surface area (Å²) in [6.07, 6.45) is 2.14. The number of aryl methyl sites for hydroxylation is 1. The van der Waals surface area contributed by atoms with E-state index in [1.165, 1.54) is 5.56 Å². The monoisotopic (exact) mass is 396 g/mol. The van der Waals surface area contributed by atoms with Crippen LogP contribution in [0.15, 0.2) is 42.5 Å². The molecule has 1 saturated heterocycles. The van der Waals surface area contributed by atoms with E-state index in [1.807, 2.05) is 42.5 Å². The third-order valence-electron chi connectivity index (χ3n) is 5.34. The molecule has 0 unspecified atom stereocenters. The molecular formula is C23H28N2O4. The summed E-state index contributed by atoms with van der Waals surface area (Å²) in [4.78, 5) is 27.0.